The lowest BCUT2D eigenvalue weighted by atomic mass is 9.86. The molecule has 5 rings (SSSR count). The summed E-state index contributed by atoms with van der Waals surface area (Å²) in [5, 5.41) is 10.5. The van der Waals surface area contributed by atoms with Gasteiger partial charge in [0.15, 0.2) is 0 Å². The maximum absolute atomic E-state index is 6.26. The average Bonchev–Trinajstić information content (AvgIpc) is 3.48. The Balaban J connectivity index is 1.27. The third kappa shape index (κ3) is 3.61. The average molecular weight is 442 g/mol. The predicted octanol–water partition coefficient (Wildman–Crippen LogP) is 6.31. The first kappa shape index (κ1) is 19.9. The van der Waals surface area contributed by atoms with Gasteiger partial charge in [0.2, 0.25) is 0 Å². The van der Waals surface area contributed by atoms with Gasteiger partial charge in [-0.25, -0.2) is 0 Å². The van der Waals surface area contributed by atoms with Crippen LogP contribution in [0.15, 0.2) is 48.5 Å². The second kappa shape index (κ2) is 7.90. The van der Waals surface area contributed by atoms with Crippen LogP contribution in [-0.2, 0) is 12.5 Å². The largest absolute Gasteiger partial charge is 0.489 e. The number of hydrogen-bond donors (Lipinski definition) is 0. The lowest BCUT2D eigenvalue weighted by Crippen LogP contribution is -2.25. The van der Waals surface area contributed by atoms with Crippen LogP contribution in [0.1, 0.15) is 61.7 Å². The Labute approximate surface area is 187 Å². The summed E-state index contributed by atoms with van der Waals surface area (Å²) >= 11 is 12.2. The standard InChI is InChI=1S/C24H25Cl2N3O/c1-29-22(27-28-23(29)24(13-14-24)17-5-3-2-4-6-17)16-7-10-19(11-8-16)30-21-12-9-18(25)15-20(21)26/h2-6,9,12,15-16,19H,7-8,10-11,13-14H2,1H3/t16-,19-. The normalized spacial score (nSPS) is 22.6. The second-order valence-electron chi connectivity index (χ2n) is 8.56. The summed E-state index contributed by atoms with van der Waals surface area (Å²) in [5.41, 5.74) is 1.40. The maximum Gasteiger partial charge on any atom is 0.143 e. The molecule has 2 fully saturated rings. The lowest BCUT2D eigenvalue weighted by Gasteiger charge is -2.29. The van der Waals surface area contributed by atoms with Gasteiger partial charge < -0.3 is 9.30 Å². The quantitative estimate of drug-likeness (QED) is 0.465. The van der Waals surface area contributed by atoms with E-state index in [2.05, 4.69) is 52.1 Å². The molecule has 0 aliphatic heterocycles. The van der Waals surface area contributed by atoms with E-state index in [4.69, 9.17) is 27.9 Å². The van der Waals surface area contributed by atoms with Gasteiger partial charge in [0, 0.05) is 18.0 Å². The fourth-order valence-corrected chi connectivity index (χ4v) is 5.28. The molecule has 2 aromatic carbocycles. The van der Waals surface area contributed by atoms with Gasteiger partial charge in [-0.3, -0.25) is 0 Å². The van der Waals surface area contributed by atoms with Crippen LogP contribution in [0.4, 0.5) is 0 Å². The molecule has 156 valence electrons. The van der Waals surface area contributed by atoms with Crippen LogP contribution in [0.2, 0.25) is 10.0 Å². The molecule has 0 bridgehead atoms. The molecule has 0 N–H and O–H groups in total. The number of rotatable bonds is 5. The van der Waals surface area contributed by atoms with Gasteiger partial charge in [0.05, 0.1) is 16.5 Å². The molecule has 1 aromatic heterocycles. The molecule has 3 aromatic rings. The summed E-state index contributed by atoms with van der Waals surface area (Å²) in [6, 6.07) is 16.1. The molecular weight excluding hydrogens is 417 g/mol. The zero-order chi connectivity index (χ0) is 20.7. The Morgan fingerprint density at radius 1 is 0.967 bits per heavy atom. The Morgan fingerprint density at radius 3 is 2.37 bits per heavy atom. The van der Waals surface area contributed by atoms with E-state index in [0.717, 1.165) is 50.2 Å². The number of hydrogen-bond acceptors (Lipinski definition) is 3. The van der Waals surface area contributed by atoms with Crippen molar-refractivity contribution in [2.24, 2.45) is 7.05 Å². The van der Waals surface area contributed by atoms with Crippen molar-refractivity contribution in [3.05, 3.63) is 75.8 Å². The maximum atomic E-state index is 6.26. The van der Waals surface area contributed by atoms with E-state index in [1.807, 2.05) is 12.1 Å². The van der Waals surface area contributed by atoms with Gasteiger partial charge in [0.25, 0.3) is 0 Å². The number of halogens is 2. The summed E-state index contributed by atoms with van der Waals surface area (Å²) < 4.78 is 8.40. The van der Waals surface area contributed by atoms with Crippen LogP contribution in [0, 0.1) is 0 Å². The van der Waals surface area contributed by atoms with Crippen LogP contribution >= 0.6 is 23.2 Å². The summed E-state index contributed by atoms with van der Waals surface area (Å²) in [6.45, 7) is 0. The summed E-state index contributed by atoms with van der Waals surface area (Å²) in [7, 11) is 2.13. The molecule has 30 heavy (non-hydrogen) atoms. The minimum atomic E-state index is 0.0485. The Morgan fingerprint density at radius 2 is 1.70 bits per heavy atom. The highest BCUT2D eigenvalue weighted by Gasteiger charge is 2.50. The topological polar surface area (TPSA) is 39.9 Å². The fourth-order valence-electron chi connectivity index (χ4n) is 4.83. The Hall–Kier alpha value is -2.04. The zero-order valence-electron chi connectivity index (χ0n) is 17.0. The molecule has 0 saturated heterocycles. The fraction of sp³-hybridized carbons (Fsp3) is 0.417. The van der Waals surface area contributed by atoms with E-state index in [0.29, 0.717) is 21.7 Å². The van der Waals surface area contributed by atoms with Crippen molar-refractivity contribution in [2.75, 3.05) is 0 Å². The number of nitrogens with zero attached hydrogens (tertiary/aromatic N) is 3. The molecule has 0 amide bonds. The molecule has 2 saturated carbocycles. The van der Waals surface area contributed by atoms with E-state index in [1.54, 1.807) is 6.07 Å². The summed E-state index contributed by atoms with van der Waals surface area (Å²) in [6.07, 6.45) is 6.51. The number of aromatic nitrogens is 3. The van der Waals surface area contributed by atoms with Crippen molar-refractivity contribution < 1.29 is 4.74 Å². The highest BCUT2D eigenvalue weighted by Crippen LogP contribution is 2.53. The zero-order valence-corrected chi connectivity index (χ0v) is 18.5. The second-order valence-corrected chi connectivity index (χ2v) is 9.40. The highest BCUT2D eigenvalue weighted by molar-refractivity contribution is 6.35. The van der Waals surface area contributed by atoms with Gasteiger partial charge in [-0.1, -0.05) is 53.5 Å². The van der Waals surface area contributed by atoms with Crippen LogP contribution in [0.3, 0.4) is 0 Å². The third-order valence-electron chi connectivity index (χ3n) is 6.64. The van der Waals surface area contributed by atoms with Gasteiger partial charge in [0.1, 0.15) is 17.4 Å². The van der Waals surface area contributed by atoms with Crippen molar-refractivity contribution in [3.63, 3.8) is 0 Å². The van der Waals surface area contributed by atoms with Crippen molar-refractivity contribution in [2.45, 2.75) is 56.0 Å². The first-order valence-corrected chi connectivity index (χ1v) is 11.4. The molecule has 1 heterocycles. The smallest absolute Gasteiger partial charge is 0.143 e. The summed E-state index contributed by atoms with van der Waals surface area (Å²) in [5.74, 6) is 3.34. The molecule has 0 unspecified atom stereocenters. The van der Waals surface area contributed by atoms with Gasteiger partial charge in [-0.15, -0.1) is 10.2 Å². The van der Waals surface area contributed by atoms with E-state index in [1.165, 1.54) is 5.56 Å². The molecule has 4 nitrogen and oxygen atoms in total. The van der Waals surface area contributed by atoms with Crippen LogP contribution in [-0.4, -0.2) is 20.9 Å². The van der Waals surface area contributed by atoms with Crippen LogP contribution < -0.4 is 4.74 Å². The minimum absolute atomic E-state index is 0.0485. The van der Waals surface area contributed by atoms with Crippen molar-refractivity contribution in [1.29, 1.82) is 0 Å². The van der Waals surface area contributed by atoms with Crippen LogP contribution in [0.25, 0.3) is 0 Å². The van der Waals surface area contributed by atoms with Gasteiger partial charge in [-0.05, 0) is 62.3 Å². The third-order valence-corrected chi connectivity index (χ3v) is 7.17. The molecule has 2 aliphatic carbocycles. The molecule has 0 atom stereocenters. The molecule has 6 heteroatoms. The van der Waals surface area contributed by atoms with E-state index >= 15 is 0 Å². The van der Waals surface area contributed by atoms with E-state index < -0.39 is 0 Å². The first-order valence-electron chi connectivity index (χ1n) is 10.6. The molecule has 0 spiro atoms. The number of ether oxygens (including phenoxy) is 1. The monoisotopic (exact) mass is 441 g/mol. The van der Waals surface area contributed by atoms with Crippen molar-refractivity contribution in [1.82, 2.24) is 14.8 Å². The summed E-state index contributed by atoms with van der Waals surface area (Å²) in [4.78, 5) is 0. The number of benzene rings is 2. The lowest BCUT2D eigenvalue weighted by molar-refractivity contribution is 0.144. The Bertz CT molecular complexity index is 1040. The SMILES string of the molecule is Cn1c(C2(c3ccccc3)CC2)nnc1[C@H]1CC[C@H](Oc2ccc(Cl)cc2Cl)CC1. The predicted molar refractivity (Wildman–Crippen MR) is 120 cm³/mol. The minimum Gasteiger partial charge on any atom is -0.489 e. The molecular formula is C24H25Cl2N3O. The van der Waals surface area contributed by atoms with Gasteiger partial charge in [-0.2, -0.15) is 0 Å². The Kier molecular flexibility index (Phi) is 5.24. The van der Waals surface area contributed by atoms with Crippen molar-refractivity contribution >= 4 is 23.2 Å². The molecule has 2 aliphatic rings. The first-order chi connectivity index (χ1) is 14.6. The van der Waals surface area contributed by atoms with E-state index in [9.17, 15) is 0 Å². The van der Waals surface area contributed by atoms with Gasteiger partial charge >= 0.3 is 0 Å². The van der Waals surface area contributed by atoms with E-state index in [-0.39, 0.29) is 11.5 Å². The molecule has 0 radical (unpaired) electrons. The highest BCUT2D eigenvalue weighted by atomic mass is 35.5. The van der Waals surface area contributed by atoms with Crippen molar-refractivity contribution in [3.8, 4) is 5.75 Å². The van der Waals surface area contributed by atoms with Crippen LogP contribution in [0.5, 0.6) is 5.75 Å².